The van der Waals surface area contributed by atoms with Gasteiger partial charge in [0.15, 0.2) is 0 Å². The summed E-state index contributed by atoms with van der Waals surface area (Å²) in [6.07, 6.45) is 0. The van der Waals surface area contributed by atoms with Gasteiger partial charge in [0.05, 0.1) is 12.6 Å². The Morgan fingerprint density at radius 2 is 1.85 bits per heavy atom. The highest BCUT2D eigenvalue weighted by molar-refractivity contribution is 7.80. The normalized spacial score (nSPS) is 10.2. The minimum absolute atomic E-state index is 0.192. The van der Waals surface area contributed by atoms with Gasteiger partial charge in [0, 0.05) is 5.56 Å². The molecular formula is C9H10F2NS+. The highest BCUT2D eigenvalue weighted by Crippen LogP contribution is 2.15. The van der Waals surface area contributed by atoms with Crippen LogP contribution in [0, 0.1) is 18.6 Å². The molecule has 0 saturated heterocycles. The molecule has 0 heterocycles. The fraction of sp³-hybridized carbons (Fsp3) is 0.222. The van der Waals surface area contributed by atoms with Gasteiger partial charge in [0.2, 0.25) is 4.99 Å². The van der Waals surface area contributed by atoms with E-state index in [1.54, 1.807) is 12.4 Å². The molecule has 0 unspecified atom stereocenters. The predicted molar refractivity (Wildman–Crippen MR) is 50.6 cm³/mol. The van der Waals surface area contributed by atoms with E-state index in [4.69, 9.17) is 12.2 Å². The van der Waals surface area contributed by atoms with E-state index in [0.717, 1.165) is 12.1 Å². The fourth-order valence-corrected chi connectivity index (χ4v) is 1.35. The zero-order valence-electron chi connectivity index (χ0n) is 7.40. The van der Waals surface area contributed by atoms with E-state index in [0.29, 0.717) is 4.99 Å². The van der Waals surface area contributed by atoms with Crippen LogP contribution in [-0.4, -0.2) is 12.0 Å². The first-order chi connectivity index (χ1) is 6.07. The zero-order chi connectivity index (χ0) is 10.0. The van der Waals surface area contributed by atoms with Crippen LogP contribution in [-0.2, 0) is 0 Å². The highest BCUT2D eigenvalue weighted by atomic mass is 32.1. The van der Waals surface area contributed by atoms with Crippen LogP contribution in [0.2, 0.25) is 0 Å². The summed E-state index contributed by atoms with van der Waals surface area (Å²) in [5.74, 6) is -0.900. The fourth-order valence-electron chi connectivity index (χ4n) is 1.10. The van der Waals surface area contributed by atoms with Crippen molar-refractivity contribution in [2.45, 2.75) is 6.92 Å². The lowest BCUT2D eigenvalue weighted by Gasteiger charge is -2.05. The van der Waals surface area contributed by atoms with Crippen LogP contribution in [0.3, 0.4) is 0 Å². The first-order valence-electron chi connectivity index (χ1n) is 3.86. The number of nitrogens with two attached hydrogens (primary N) is 1. The molecule has 0 aliphatic heterocycles. The lowest BCUT2D eigenvalue weighted by atomic mass is 10.1. The van der Waals surface area contributed by atoms with Gasteiger partial charge in [0.1, 0.15) is 11.6 Å². The number of benzene rings is 1. The Morgan fingerprint density at radius 1 is 1.31 bits per heavy atom. The van der Waals surface area contributed by atoms with Crippen molar-refractivity contribution in [3.05, 3.63) is 34.9 Å². The van der Waals surface area contributed by atoms with Crippen molar-refractivity contribution in [2.24, 2.45) is 0 Å². The second-order valence-electron chi connectivity index (χ2n) is 2.68. The minimum atomic E-state index is -0.470. The molecule has 0 aromatic heterocycles. The van der Waals surface area contributed by atoms with Crippen molar-refractivity contribution in [1.29, 1.82) is 0 Å². The molecule has 0 atom stereocenters. The number of halogens is 2. The Bertz CT molecular complexity index is 350. The van der Waals surface area contributed by atoms with Gasteiger partial charge >= 0.3 is 0 Å². The van der Waals surface area contributed by atoms with Crippen molar-refractivity contribution >= 4 is 17.2 Å². The maximum absolute atomic E-state index is 13.2. The van der Waals surface area contributed by atoms with Crippen molar-refractivity contribution in [3.63, 3.8) is 0 Å². The lowest BCUT2D eigenvalue weighted by molar-refractivity contribution is -0.501. The minimum Gasteiger partial charge on any atom is -0.306 e. The molecule has 1 rings (SSSR count). The molecule has 0 spiro atoms. The van der Waals surface area contributed by atoms with Gasteiger partial charge in [-0.2, -0.15) is 0 Å². The topological polar surface area (TPSA) is 16.6 Å². The summed E-state index contributed by atoms with van der Waals surface area (Å²) >= 11 is 4.89. The summed E-state index contributed by atoms with van der Waals surface area (Å²) in [5.41, 5.74) is 0.459. The van der Waals surface area contributed by atoms with Crippen molar-refractivity contribution in [2.75, 3.05) is 7.05 Å². The quantitative estimate of drug-likeness (QED) is 0.676. The van der Waals surface area contributed by atoms with Crippen LogP contribution in [0.1, 0.15) is 11.1 Å². The monoisotopic (exact) mass is 202 g/mol. The van der Waals surface area contributed by atoms with Gasteiger partial charge in [-0.1, -0.05) is 0 Å². The summed E-state index contributed by atoms with van der Waals surface area (Å²) in [4.78, 5) is 0.342. The van der Waals surface area contributed by atoms with Crippen LogP contribution in [0.25, 0.3) is 0 Å². The summed E-state index contributed by atoms with van der Waals surface area (Å²) in [7, 11) is 1.70. The van der Waals surface area contributed by atoms with E-state index in [-0.39, 0.29) is 11.1 Å². The molecule has 0 radical (unpaired) electrons. The molecule has 0 fully saturated rings. The number of hydrogen-bond donors (Lipinski definition) is 1. The van der Waals surface area contributed by atoms with Gasteiger partial charge in [-0.25, -0.2) is 8.78 Å². The SMILES string of the molecule is C[NH2+]C(=S)c1c(F)ccc(F)c1C. The molecule has 4 heteroatoms. The highest BCUT2D eigenvalue weighted by Gasteiger charge is 2.15. The molecule has 1 nitrogen and oxygen atoms in total. The van der Waals surface area contributed by atoms with Gasteiger partial charge in [-0.3, -0.25) is 0 Å². The maximum Gasteiger partial charge on any atom is 0.205 e. The van der Waals surface area contributed by atoms with E-state index >= 15 is 0 Å². The Labute approximate surface area is 80.8 Å². The van der Waals surface area contributed by atoms with Crippen LogP contribution >= 0.6 is 12.2 Å². The van der Waals surface area contributed by atoms with E-state index in [2.05, 4.69) is 0 Å². The molecular weight excluding hydrogens is 192 g/mol. The standard InChI is InChI=1S/C9H9F2NS/c1-5-6(10)3-4-7(11)8(5)9(13)12-2/h3-4H,1-2H3,(H,12,13)/p+1. The summed E-state index contributed by atoms with van der Waals surface area (Å²) < 4.78 is 26.2. The molecule has 0 aliphatic rings. The average Bonchev–Trinajstić information content (AvgIpc) is 2.12. The Hall–Kier alpha value is -0.870. The van der Waals surface area contributed by atoms with Gasteiger partial charge in [-0.15, -0.1) is 0 Å². The first kappa shape index (κ1) is 10.2. The Balaban J connectivity index is 3.33. The number of rotatable bonds is 1. The Kier molecular flexibility index (Phi) is 3.06. The third-order valence-electron chi connectivity index (χ3n) is 1.86. The average molecular weight is 202 g/mol. The molecule has 13 heavy (non-hydrogen) atoms. The van der Waals surface area contributed by atoms with Gasteiger partial charge < -0.3 is 5.32 Å². The number of quaternary nitrogens is 1. The third-order valence-corrected chi connectivity index (χ3v) is 2.30. The molecule has 1 aromatic carbocycles. The second kappa shape index (κ2) is 3.89. The number of thiocarbonyl (C=S) groups is 1. The summed E-state index contributed by atoms with van der Waals surface area (Å²) in [6.45, 7) is 1.52. The molecule has 1 aromatic rings. The zero-order valence-corrected chi connectivity index (χ0v) is 8.21. The van der Waals surface area contributed by atoms with Gasteiger partial charge in [-0.05, 0) is 31.3 Å². The van der Waals surface area contributed by atoms with Crippen molar-refractivity contribution in [3.8, 4) is 0 Å². The number of hydrogen-bond acceptors (Lipinski definition) is 1. The van der Waals surface area contributed by atoms with Crippen molar-refractivity contribution in [1.82, 2.24) is 0 Å². The molecule has 0 amide bonds. The van der Waals surface area contributed by atoms with Crippen molar-refractivity contribution < 1.29 is 14.1 Å². The van der Waals surface area contributed by atoms with E-state index in [9.17, 15) is 8.78 Å². The molecule has 0 aliphatic carbocycles. The predicted octanol–water partition coefficient (Wildman–Crippen LogP) is 1.14. The van der Waals surface area contributed by atoms with Crippen LogP contribution < -0.4 is 5.32 Å². The summed E-state index contributed by atoms with van der Waals surface area (Å²) in [5, 5.41) is 1.58. The lowest BCUT2D eigenvalue weighted by Crippen LogP contribution is -2.83. The van der Waals surface area contributed by atoms with E-state index in [1.165, 1.54) is 6.92 Å². The smallest absolute Gasteiger partial charge is 0.205 e. The maximum atomic E-state index is 13.2. The van der Waals surface area contributed by atoms with E-state index in [1.807, 2.05) is 0 Å². The van der Waals surface area contributed by atoms with Crippen LogP contribution in [0.15, 0.2) is 12.1 Å². The Morgan fingerprint density at radius 3 is 2.38 bits per heavy atom. The summed E-state index contributed by atoms with van der Waals surface area (Å²) in [6, 6.07) is 2.19. The second-order valence-corrected chi connectivity index (χ2v) is 3.12. The van der Waals surface area contributed by atoms with Crippen LogP contribution in [0.5, 0.6) is 0 Å². The third kappa shape index (κ3) is 1.89. The van der Waals surface area contributed by atoms with Gasteiger partial charge in [0.25, 0.3) is 0 Å². The molecule has 0 bridgehead atoms. The molecule has 2 N–H and O–H groups in total. The van der Waals surface area contributed by atoms with Crippen LogP contribution in [0.4, 0.5) is 8.78 Å². The largest absolute Gasteiger partial charge is 0.306 e. The molecule has 70 valence electrons. The van der Waals surface area contributed by atoms with E-state index < -0.39 is 11.6 Å². The first-order valence-corrected chi connectivity index (χ1v) is 4.27. The molecule has 0 saturated carbocycles.